The molecule has 2 aromatic heterocycles. The average molecular weight is 324 g/mol. The highest BCUT2D eigenvalue weighted by atomic mass is 32.2. The summed E-state index contributed by atoms with van der Waals surface area (Å²) in [5.74, 6) is 2.05. The Kier molecular flexibility index (Phi) is 5.31. The maximum Gasteiger partial charge on any atom is 0.230 e. The monoisotopic (exact) mass is 324 g/mol. The van der Waals surface area contributed by atoms with E-state index in [1.807, 2.05) is 13.8 Å². The van der Waals surface area contributed by atoms with Gasteiger partial charge >= 0.3 is 0 Å². The third kappa shape index (κ3) is 4.14. The van der Waals surface area contributed by atoms with Crippen LogP contribution in [0.25, 0.3) is 0 Å². The van der Waals surface area contributed by atoms with Crippen molar-refractivity contribution in [2.45, 2.75) is 32.1 Å². The molecule has 0 bridgehead atoms. The molecule has 0 spiro atoms. The molecule has 1 unspecified atom stereocenters. The fourth-order valence-corrected chi connectivity index (χ4v) is 2.95. The van der Waals surface area contributed by atoms with Crippen molar-refractivity contribution in [3.05, 3.63) is 41.2 Å². The van der Waals surface area contributed by atoms with Gasteiger partial charge in [0.2, 0.25) is 5.91 Å². The number of nitrogens with one attached hydrogen (secondary N) is 1. The summed E-state index contributed by atoms with van der Waals surface area (Å²) in [7, 11) is 0. The number of thioether (sulfide) groups is 1. The van der Waals surface area contributed by atoms with Crippen molar-refractivity contribution in [3.8, 4) is 0 Å². The first kappa shape index (κ1) is 16.6. The number of furan rings is 1. The Morgan fingerprint density at radius 1 is 1.50 bits per heavy atom. The number of hydrogen-bond acceptors (Lipinski definition) is 6. The van der Waals surface area contributed by atoms with Gasteiger partial charge in [0, 0.05) is 11.3 Å². The molecule has 0 radical (unpaired) electrons. The van der Waals surface area contributed by atoms with E-state index in [-0.39, 0.29) is 12.5 Å². The quantitative estimate of drug-likeness (QED) is 0.811. The third-order valence-corrected chi connectivity index (χ3v) is 4.30. The molecule has 0 fully saturated rings. The van der Waals surface area contributed by atoms with E-state index in [0.29, 0.717) is 17.3 Å². The van der Waals surface area contributed by atoms with Crippen LogP contribution in [0.15, 0.2) is 27.3 Å². The van der Waals surface area contributed by atoms with E-state index >= 15 is 0 Å². The molecule has 2 aromatic rings. The first-order valence-corrected chi connectivity index (χ1v) is 8.08. The Hall–Kier alpha value is -1.73. The molecule has 120 valence electrons. The van der Waals surface area contributed by atoms with E-state index in [1.165, 1.54) is 18.0 Å². The molecule has 1 amide bonds. The molecule has 2 rings (SSSR count). The van der Waals surface area contributed by atoms with Gasteiger partial charge in [-0.3, -0.25) is 4.79 Å². The maximum absolute atomic E-state index is 11.8. The zero-order valence-corrected chi connectivity index (χ0v) is 13.7. The minimum Gasteiger partial charge on any atom is -0.466 e. The second-order valence-electron chi connectivity index (χ2n) is 5.32. The Morgan fingerprint density at radius 2 is 2.27 bits per heavy atom. The molecule has 0 aliphatic carbocycles. The normalized spacial score (nSPS) is 13.8. The van der Waals surface area contributed by atoms with E-state index < -0.39 is 5.60 Å². The Balaban J connectivity index is 1.75. The lowest BCUT2D eigenvalue weighted by molar-refractivity contribution is -0.119. The number of amides is 1. The summed E-state index contributed by atoms with van der Waals surface area (Å²) >= 11 is 1.48. The summed E-state index contributed by atoms with van der Waals surface area (Å²) in [4.78, 5) is 11.8. The van der Waals surface area contributed by atoms with E-state index in [1.54, 1.807) is 19.1 Å². The maximum atomic E-state index is 11.8. The average Bonchev–Trinajstić information content (AvgIpc) is 3.10. The number of nitrogens with zero attached hydrogens (tertiary/aromatic N) is 1. The number of aryl methyl sites for hydroxylation is 2. The van der Waals surface area contributed by atoms with Crippen molar-refractivity contribution in [1.29, 1.82) is 0 Å². The van der Waals surface area contributed by atoms with Gasteiger partial charge in [-0.2, -0.15) is 0 Å². The second kappa shape index (κ2) is 7.02. The minimum absolute atomic E-state index is 0.102. The zero-order valence-electron chi connectivity index (χ0n) is 12.9. The fraction of sp³-hybridized carbons (Fsp3) is 0.467. The van der Waals surface area contributed by atoms with Gasteiger partial charge in [-0.1, -0.05) is 5.16 Å². The first-order chi connectivity index (χ1) is 10.4. The molecule has 1 atom stereocenters. The molecule has 0 aliphatic heterocycles. The van der Waals surface area contributed by atoms with Gasteiger partial charge in [0.15, 0.2) is 0 Å². The third-order valence-electron chi connectivity index (χ3n) is 3.34. The number of carbonyl (C=O) groups is 1. The molecule has 7 heteroatoms. The van der Waals surface area contributed by atoms with Crippen molar-refractivity contribution in [3.63, 3.8) is 0 Å². The van der Waals surface area contributed by atoms with Gasteiger partial charge in [0.25, 0.3) is 0 Å². The molecule has 0 saturated heterocycles. The van der Waals surface area contributed by atoms with Crippen LogP contribution in [0, 0.1) is 13.8 Å². The van der Waals surface area contributed by atoms with Crippen molar-refractivity contribution in [2.24, 2.45) is 0 Å². The van der Waals surface area contributed by atoms with Crippen molar-refractivity contribution in [1.82, 2.24) is 10.5 Å². The van der Waals surface area contributed by atoms with Crippen LogP contribution in [0.4, 0.5) is 0 Å². The topological polar surface area (TPSA) is 88.5 Å². The van der Waals surface area contributed by atoms with Crippen molar-refractivity contribution >= 4 is 17.7 Å². The lowest BCUT2D eigenvalue weighted by Crippen LogP contribution is -2.39. The molecule has 22 heavy (non-hydrogen) atoms. The number of hydrogen-bond donors (Lipinski definition) is 2. The van der Waals surface area contributed by atoms with Crippen molar-refractivity contribution < 1.29 is 18.8 Å². The van der Waals surface area contributed by atoms with E-state index in [4.69, 9.17) is 8.94 Å². The number of carbonyl (C=O) groups excluding carboxylic acids is 1. The minimum atomic E-state index is -1.22. The molecule has 2 N–H and O–H groups in total. The highest BCUT2D eigenvalue weighted by Gasteiger charge is 2.26. The van der Waals surface area contributed by atoms with Gasteiger partial charge in [0.1, 0.15) is 17.1 Å². The van der Waals surface area contributed by atoms with Gasteiger partial charge in [-0.15, -0.1) is 11.8 Å². The lowest BCUT2D eigenvalue weighted by atomic mass is 10.0. The highest BCUT2D eigenvalue weighted by Crippen LogP contribution is 2.21. The zero-order chi connectivity index (χ0) is 16.2. The largest absolute Gasteiger partial charge is 0.466 e. The first-order valence-electron chi connectivity index (χ1n) is 6.92. The summed E-state index contributed by atoms with van der Waals surface area (Å²) in [6, 6.07) is 3.38. The SMILES string of the molecule is Cc1noc(C)c1CSCC(=O)NCC(C)(O)c1ccco1. The summed E-state index contributed by atoms with van der Waals surface area (Å²) < 4.78 is 10.2. The van der Waals surface area contributed by atoms with Crippen LogP contribution in [-0.2, 0) is 16.1 Å². The molecule has 0 aromatic carbocycles. The molecule has 6 nitrogen and oxygen atoms in total. The highest BCUT2D eigenvalue weighted by molar-refractivity contribution is 7.99. The van der Waals surface area contributed by atoms with Crippen LogP contribution in [0.5, 0.6) is 0 Å². The van der Waals surface area contributed by atoms with Gasteiger partial charge in [-0.05, 0) is 32.9 Å². The number of rotatable bonds is 7. The number of aromatic nitrogens is 1. The summed E-state index contributed by atoms with van der Waals surface area (Å²) in [5.41, 5.74) is 0.664. The molecule has 0 aliphatic rings. The van der Waals surface area contributed by atoms with Crippen LogP contribution in [0.3, 0.4) is 0 Å². The molecule has 2 heterocycles. The van der Waals surface area contributed by atoms with Gasteiger partial charge in [0.05, 0.1) is 24.3 Å². The van der Waals surface area contributed by atoms with E-state index in [2.05, 4.69) is 10.5 Å². The predicted octanol–water partition coefficient (Wildman–Crippen LogP) is 2.14. The van der Waals surface area contributed by atoms with Crippen LogP contribution in [0.1, 0.15) is 29.7 Å². The molecular formula is C15H20N2O4S. The van der Waals surface area contributed by atoms with Crippen molar-refractivity contribution in [2.75, 3.05) is 12.3 Å². The summed E-state index contributed by atoms with van der Waals surface area (Å²) in [6.07, 6.45) is 1.49. The second-order valence-corrected chi connectivity index (χ2v) is 6.31. The van der Waals surface area contributed by atoms with Crippen LogP contribution < -0.4 is 5.32 Å². The molecule has 0 saturated carbocycles. The lowest BCUT2D eigenvalue weighted by Gasteiger charge is -2.21. The smallest absolute Gasteiger partial charge is 0.230 e. The van der Waals surface area contributed by atoms with E-state index in [0.717, 1.165) is 17.0 Å². The fourth-order valence-electron chi connectivity index (χ4n) is 1.95. The predicted molar refractivity (Wildman–Crippen MR) is 83.4 cm³/mol. The van der Waals surface area contributed by atoms with Crippen LogP contribution in [-0.4, -0.2) is 28.5 Å². The van der Waals surface area contributed by atoms with Gasteiger partial charge in [-0.25, -0.2) is 0 Å². The Labute approximate surface area is 133 Å². The summed E-state index contributed by atoms with van der Waals surface area (Å²) in [5, 5.41) is 16.8. The van der Waals surface area contributed by atoms with Crippen LogP contribution in [0.2, 0.25) is 0 Å². The Bertz CT molecular complexity index is 600. The number of aliphatic hydroxyl groups is 1. The summed E-state index contributed by atoms with van der Waals surface area (Å²) in [6.45, 7) is 5.44. The van der Waals surface area contributed by atoms with E-state index in [9.17, 15) is 9.90 Å². The standard InChI is InChI=1S/C15H20N2O4S/c1-10-12(11(2)21-17-10)7-22-8-14(18)16-9-15(3,19)13-5-4-6-20-13/h4-6,19H,7-9H2,1-3H3,(H,16,18). The Morgan fingerprint density at radius 3 is 2.86 bits per heavy atom. The van der Waals surface area contributed by atoms with Gasteiger partial charge < -0.3 is 19.4 Å². The molecular weight excluding hydrogens is 304 g/mol. The van der Waals surface area contributed by atoms with Crippen LogP contribution >= 0.6 is 11.8 Å².